The molecular formula is C24H21N3O. The number of aliphatic imine (C=N–C) groups is 1. The summed E-state index contributed by atoms with van der Waals surface area (Å²) in [5, 5.41) is 3.35. The van der Waals surface area contributed by atoms with Crippen LogP contribution in [0.5, 0.6) is 0 Å². The first-order valence-electron chi connectivity index (χ1n) is 9.62. The number of nitrogens with one attached hydrogen (secondary N) is 1. The van der Waals surface area contributed by atoms with Crippen molar-refractivity contribution in [3.8, 4) is 0 Å². The Hall–Kier alpha value is -3.40. The maximum atomic E-state index is 5.90. The molecule has 4 nitrogen and oxygen atoms in total. The molecule has 1 atom stereocenters. The topological polar surface area (TPSA) is 46.5 Å². The zero-order chi connectivity index (χ0) is 18.8. The standard InChI is InChI=1S/C24H21N3O/c1-2-6-21-19(5-1)10-12-23(21)27-24-26-22-11-9-17(14-20(22)16-28-24)7-8-18-4-3-13-25-15-18/h1-9,11,13-15,23H,10,12,16H2,(H,26,27). The zero-order valence-corrected chi connectivity index (χ0v) is 15.5. The number of rotatable bonds is 3. The molecule has 1 aliphatic heterocycles. The smallest absolute Gasteiger partial charge is 0.290 e. The second kappa shape index (κ2) is 7.31. The van der Waals surface area contributed by atoms with E-state index < -0.39 is 0 Å². The zero-order valence-electron chi connectivity index (χ0n) is 15.5. The van der Waals surface area contributed by atoms with E-state index in [4.69, 9.17) is 9.73 Å². The minimum Gasteiger partial charge on any atom is -0.460 e. The van der Waals surface area contributed by atoms with Gasteiger partial charge in [0, 0.05) is 23.6 Å². The van der Waals surface area contributed by atoms with E-state index in [1.165, 1.54) is 11.1 Å². The summed E-state index contributed by atoms with van der Waals surface area (Å²) in [6, 6.07) is 19.7. The van der Waals surface area contributed by atoms with Crippen molar-refractivity contribution in [3.05, 3.63) is 94.8 Å². The van der Waals surface area contributed by atoms with Crippen LogP contribution in [0.4, 0.5) is 5.69 Å². The molecule has 28 heavy (non-hydrogen) atoms. The van der Waals surface area contributed by atoms with E-state index in [1.807, 2.05) is 18.3 Å². The highest BCUT2D eigenvalue weighted by Gasteiger charge is 2.23. The van der Waals surface area contributed by atoms with Crippen LogP contribution in [0, 0.1) is 0 Å². The van der Waals surface area contributed by atoms with Gasteiger partial charge in [-0.15, -0.1) is 0 Å². The van der Waals surface area contributed by atoms with Crippen LogP contribution < -0.4 is 5.32 Å². The molecule has 2 aromatic carbocycles. The second-order valence-corrected chi connectivity index (χ2v) is 7.14. The lowest BCUT2D eigenvalue weighted by molar-refractivity contribution is 0.282. The van der Waals surface area contributed by atoms with Gasteiger partial charge in [0.15, 0.2) is 0 Å². The van der Waals surface area contributed by atoms with Crippen LogP contribution in [0.25, 0.3) is 12.2 Å². The lowest BCUT2D eigenvalue weighted by atomic mass is 10.1. The van der Waals surface area contributed by atoms with E-state index >= 15 is 0 Å². The molecule has 1 aliphatic carbocycles. The van der Waals surface area contributed by atoms with Gasteiger partial charge in [-0.05, 0) is 53.3 Å². The molecule has 3 aromatic rings. The number of nitrogens with zero attached hydrogens (tertiary/aromatic N) is 2. The average molecular weight is 367 g/mol. The van der Waals surface area contributed by atoms with E-state index in [2.05, 4.69) is 64.9 Å². The van der Waals surface area contributed by atoms with Crippen LogP contribution in [0.15, 0.2) is 72.0 Å². The molecular weight excluding hydrogens is 346 g/mol. The number of ether oxygens (including phenoxy) is 1. The summed E-state index contributed by atoms with van der Waals surface area (Å²) >= 11 is 0. The number of aromatic nitrogens is 1. The van der Waals surface area contributed by atoms with Crippen LogP contribution in [-0.2, 0) is 17.8 Å². The van der Waals surface area contributed by atoms with Crippen LogP contribution in [0.2, 0.25) is 0 Å². The molecule has 0 radical (unpaired) electrons. The van der Waals surface area contributed by atoms with Gasteiger partial charge in [0.05, 0.1) is 6.04 Å². The summed E-state index contributed by atoms with van der Waals surface area (Å²) in [6.07, 6.45) is 9.92. The molecule has 5 rings (SSSR count). The minimum absolute atomic E-state index is 0.182. The van der Waals surface area contributed by atoms with Gasteiger partial charge in [0.2, 0.25) is 0 Å². The van der Waals surface area contributed by atoms with Gasteiger partial charge < -0.3 is 10.1 Å². The van der Waals surface area contributed by atoms with Crippen molar-refractivity contribution in [1.82, 2.24) is 4.98 Å². The Kier molecular flexibility index (Phi) is 4.37. The lowest BCUT2D eigenvalue weighted by Gasteiger charge is -2.22. The third-order valence-corrected chi connectivity index (χ3v) is 5.26. The first-order valence-corrected chi connectivity index (χ1v) is 9.62. The Labute approximate surface area is 164 Å². The van der Waals surface area contributed by atoms with Gasteiger partial charge >= 0.3 is 0 Å². The molecule has 0 spiro atoms. The van der Waals surface area contributed by atoms with Gasteiger partial charge in [-0.1, -0.05) is 48.6 Å². The van der Waals surface area contributed by atoms with Crippen molar-refractivity contribution in [2.45, 2.75) is 25.5 Å². The Morgan fingerprint density at radius 1 is 1.00 bits per heavy atom. The molecule has 2 aliphatic rings. The van der Waals surface area contributed by atoms with E-state index in [0.29, 0.717) is 12.6 Å². The fourth-order valence-corrected chi connectivity index (χ4v) is 3.80. The fraction of sp³-hybridized carbons (Fsp3) is 0.167. The Balaban J connectivity index is 1.32. The Morgan fingerprint density at radius 2 is 1.93 bits per heavy atom. The predicted molar refractivity (Wildman–Crippen MR) is 113 cm³/mol. The number of anilines is 1. The highest BCUT2D eigenvalue weighted by Crippen LogP contribution is 2.34. The van der Waals surface area contributed by atoms with Crippen molar-refractivity contribution in [1.29, 1.82) is 0 Å². The minimum atomic E-state index is 0.182. The summed E-state index contributed by atoms with van der Waals surface area (Å²) in [4.78, 5) is 8.97. The van der Waals surface area contributed by atoms with Gasteiger partial charge in [0.1, 0.15) is 6.61 Å². The number of hydrogen-bond acceptors (Lipinski definition) is 3. The highest BCUT2D eigenvalue weighted by molar-refractivity contribution is 5.92. The molecule has 4 heteroatoms. The summed E-state index contributed by atoms with van der Waals surface area (Å²) < 4.78 is 5.90. The fourth-order valence-electron chi connectivity index (χ4n) is 3.80. The quantitative estimate of drug-likeness (QED) is 0.689. The van der Waals surface area contributed by atoms with Crippen LogP contribution in [0.3, 0.4) is 0 Å². The number of pyridine rings is 1. The number of hydrogen-bond donors (Lipinski definition) is 1. The molecule has 0 fully saturated rings. The Bertz CT molecular complexity index is 1060. The molecule has 0 saturated heterocycles. The van der Waals surface area contributed by atoms with Gasteiger partial charge in [-0.2, -0.15) is 0 Å². The third kappa shape index (κ3) is 3.41. The second-order valence-electron chi connectivity index (χ2n) is 7.14. The predicted octanol–water partition coefficient (Wildman–Crippen LogP) is 5.24. The van der Waals surface area contributed by atoms with Gasteiger partial charge in [0.25, 0.3) is 6.02 Å². The maximum Gasteiger partial charge on any atom is 0.290 e. The van der Waals surface area contributed by atoms with E-state index in [9.17, 15) is 0 Å². The first kappa shape index (κ1) is 16.8. The SMILES string of the molecule is C(=Cc1ccc2c(c1)COC(=NC1CCc3ccccc31)N2)c1cccnc1. The molecule has 138 valence electrons. The Morgan fingerprint density at radius 3 is 2.86 bits per heavy atom. The maximum absolute atomic E-state index is 5.90. The largest absolute Gasteiger partial charge is 0.460 e. The van der Waals surface area contributed by atoms with Crippen molar-refractivity contribution in [2.24, 2.45) is 4.99 Å². The van der Waals surface area contributed by atoms with Gasteiger partial charge in [-0.3, -0.25) is 4.98 Å². The molecule has 0 saturated carbocycles. The molecule has 0 amide bonds. The summed E-state index contributed by atoms with van der Waals surface area (Å²) in [7, 11) is 0. The monoisotopic (exact) mass is 367 g/mol. The average Bonchev–Trinajstić information content (AvgIpc) is 3.16. The molecule has 2 heterocycles. The molecule has 1 unspecified atom stereocenters. The third-order valence-electron chi connectivity index (χ3n) is 5.26. The van der Waals surface area contributed by atoms with Crippen molar-refractivity contribution in [2.75, 3.05) is 5.32 Å². The van der Waals surface area contributed by atoms with Crippen LogP contribution in [-0.4, -0.2) is 11.0 Å². The number of benzene rings is 2. The number of aryl methyl sites for hydroxylation is 1. The van der Waals surface area contributed by atoms with Crippen LogP contribution >= 0.6 is 0 Å². The molecule has 1 N–H and O–H groups in total. The van der Waals surface area contributed by atoms with Crippen molar-refractivity contribution < 1.29 is 4.74 Å². The lowest BCUT2D eigenvalue weighted by Crippen LogP contribution is -2.23. The summed E-state index contributed by atoms with van der Waals surface area (Å²) in [5.41, 5.74) is 7.15. The number of fused-ring (bicyclic) bond motifs is 2. The van der Waals surface area contributed by atoms with E-state index in [0.717, 1.165) is 35.2 Å². The summed E-state index contributed by atoms with van der Waals surface area (Å²) in [5.74, 6) is 0. The van der Waals surface area contributed by atoms with E-state index in [1.54, 1.807) is 6.20 Å². The van der Waals surface area contributed by atoms with Crippen molar-refractivity contribution in [3.63, 3.8) is 0 Å². The normalized spacial score (nSPS) is 19.1. The highest BCUT2D eigenvalue weighted by atomic mass is 16.5. The van der Waals surface area contributed by atoms with E-state index in [-0.39, 0.29) is 6.04 Å². The van der Waals surface area contributed by atoms with Gasteiger partial charge in [-0.25, -0.2) is 4.99 Å². The molecule has 0 bridgehead atoms. The number of amidine groups is 1. The van der Waals surface area contributed by atoms with Crippen LogP contribution in [0.1, 0.15) is 40.3 Å². The van der Waals surface area contributed by atoms with Crippen molar-refractivity contribution >= 4 is 23.9 Å². The molecule has 1 aromatic heterocycles. The first-order chi connectivity index (χ1) is 13.8. The summed E-state index contributed by atoms with van der Waals surface area (Å²) in [6.45, 7) is 0.532.